The van der Waals surface area contributed by atoms with Crippen LogP contribution in [0.3, 0.4) is 0 Å². The summed E-state index contributed by atoms with van der Waals surface area (Å²) in [5.41, 5.74) is 13.0. The van der Waals surface area contributed by atoms with Crippen LogP contribution >= 0.6 is 11.3 Å². The minimum Gasteiger partial charge on any atom is -0.309 e. The summed E-state index contributed by atoms with van der Waals surface area (Å²) in [5.74, 6) is 0. The molecule has 2 heteroatoms. The largest absolute Gasteiger partial charge is 0.309 e. The maximum Gasteiger partial charge on any atom is 0.0555 e. The van der Waals surface area contributed by atoms with Crippen LogP contribution in [0.25, 0.3) is 75.5 Å². The lowest BCUT2D eigenvalue weighted by Gasteiger charge is -2.30. The molecule has 10 rings (SSSR count). The molecule has 0 saturated heterocycles. The van der Waals surface area contributed by atoms with E-state index in [9.17, 15) is 0 Å². The van der Waals surface area contributed by atoms with Crippen LogP contribution in [-0.4, -0.2) is 0 Å². The van der Waals surface area contributed by atoms with E-state index < -0.39 is 0 Å². The Balaban J connectivity index is 1.27. The summed E-state index contributed by atoms with van der Waals surface area (Å²) >= 11 is 1.86. The normalized spacial score (nSPS) is 11.3. The minimum atomic E-state index is 1.10. The van der Waals surface area contributed by atoms with Gasteiger partial charge in [-0.05, 0) is 86.1 Å². The molecule has 1 nitrogen and oxygen atoms in total. The van der Waals surface area contributed by atoms with Gasteiger partial charge in [0.1, 0.15) is 0 Å². The van der Waals surface area contributed by atoms with Crippen LogP contribution in [0.4, 0.5) is 17.1 Å². The van der Waals surface area contributed by atoms with Crippen molar-refractivity contribution in [2.75, 3.05) is 4.90 Å². The summed E-state index contributed by atoms with van der Waals surface area (Å²) in [4.78, 5) is 2.50. The molecule has 0 atom stereocenters. The van der Waals surface area contributed by atoms with Gasteiger partial charge in [0, 0.05) is 31.4 Å². The predicted octanol–water partition coefficient (Wildman–Crippen LogP) is 15.3. The highest BCUT2D eigenvalue weighted by Gasteiger charge is 2.25. The van der Waals surface area contributed by atoms with Gasteiger partial charge in [-0.15, -0.1) is 11.3 Å². The van der Waals surface area contributed by atoms with Crippen LogP contribution in [-0.2, 0) is 0 Å². The zero-order valence-corrected chi connectivity index (χ0v) is 30.4. The first-order valence-electron chi connectivity index (χ1n) is 18.4. The first-order valence-corrected chi connectivity index (χ1v) is 19.3. The second kappa shape index (κ2) is 13.7. The molecule has 0 unspecified atom stereocenters. The third kappa shape index (κ3) is 5.56. The SMILES string of the molecule is c1ccc(-c2ccccc2-c2c(-c3ccccc3)cccc2N(c2ccc(-c3cccc4ccccc34)cc2)c2cccc3sc4ccccc4c23)cc1. The van der Waals surface area contributed by atoms with Crippen molar-refractivity contribution in [3.63, 3.8) is 0 Å². The van der Waals surface area contributed by atoms with Gasteiger partial charge in [0.25, 0.3) is 0 Å². The number of nitrogens with zero attached hydrogens (tertiary/aromatic N) is 1. The molecule has 254 valence electrons. The lowest BCUT2D eigenvalue weighted by Crippen LogP contribution is -2.12. The standard InChI is InChI=1S/C52H35NS/c1-3-16-36(17-4-1)43-23-9-10-24-45(43)51-44(38-18-5-2-6-19-38)27-14-28-47(51)53(48-29-15-31-50-52(48)46-25-11-12-30-49(46)54-50)40-34-32-39(33-35-40)42-26-13-21-37-20-7-8-22-41(37)42/h1-35H. The Hall–Kier alpha value is -6.74. The van der Waals surface area contributed by atoms with Gasteiger partial charge in [0.2, 0.25) is 0 Å². The van der Waals surface area contributed by atoms with Crippen molar-refractivity contribution in [3.8, 4) is 44.5 Å². The van der Waals surface area contributed by atoms with Gasteiger partial charge >= 0.3 is 0 Å². The molecule has 0 spiro atoms. The average Bonchev–Trinajstić information content (AvgIpc) is 3.64. The third-order valence-corrected chi connectivity index (χ3v) is 11.6. The Morgan fingerprint density at radius 2 is 0.833 bits per heavy atom. The monoisotopic (exact) mass is 705 g/mol. The van der Waals surface area contributed by atoms with E-state index >= 15 is 0 Å². The lowest BCUT2D eigenvalue weighted by atomic mass is 9.87. The summed E-state index contributed by atoms with van der Waals surface area (Å²) in [6, 6.07) is 77.2. The molecule has 0 bridgehead atoms. The first-order chi connectivity index (χ1) is 26.8. The number of thiophene rings is 1. The van der Waals surface area contributed by atoms with Crippen LogP contribution in [0, 0.1) is 0 Å². The Morgan fingerprint density at radius 3 is 1.63 bits per heavy atom. The Bertz CT molecular complexity index is 2920. The fourth-order valence-electron chi connectivity index (χ4n) is 8.06. The van der Waals surface area contributed by atoms with Crippen LogP contribution in [0.15, 0.2) is 212 Å². The minimum absolute atomic E-state index is 1.10. The third-order valence-electron chi connectivity index (χ3n) is 10.5. The molecule has 0 fully saturated rings. The van der Waals surface area contributed by atoms with Gasteiger partial charge in [-0.2, -0.15) is 0 Å². The quantitative estimate of drug-likeness (QED) is 0.160. The highest BCUT2D eigenvalue weighted by molar-refractivity contribution is 7.26. The molecule has 0 aliphatic carbocycles. The Morgan fingerprint density at radius 1 is 0.315 bits per heavy atom. The maximum atomic E-state index is 2.50. The molecule has 0 N–H and O–H groups in total. The first kappa shape index (κ1) is 32.0. The fraction of sp³-hybridized carbons (Fsp3) is 0. The van der Waals surface area contributed by atoms with Crippen molar-refractivity contribution >= 4 is 59.3 Å². The average molecular weight is 706 g/mol. The van der Waals surface area contributed by atoms with Crippen molar-refractivity contribution in [2.45, 2.75) is 0 Å². The van der Waals surface area contributed by atoms with Crippen molar-refractivity contribution in [2.24, 2.45) is 0 Å². The van der Waals surface area contributed by atoms with Crippen LogP contribution in [0.2, 0.25) is 0 Å². The topological polar surface area (TPSA) is 3.24 Å². The van der Waals surface area contributed by atoms with E-state index in [-0.39, 0.29) is 0 Å². The van der Waals surface area contributed by atoms with E-state index in [2.05, 4.69) is 217 Å². The zero-order chi connectivity index (χ0) is 35.8. The molecule has 0 radical (unpaired) electrons. The van der Waals surface area contributed by atoms with Crippen LogP contribution < -0.4 is 4.90 Å². The van der Waals surface area contributed by atoms with E-state index in [1.54, 1.807) is 0 Å². The predicted molar refractivity (Wildman–Crippen MR) is 233 cm³/mol. The van der Waals surface area contributed by atoms with Crippen LogP contribution in [0.5, 0.6) is 0 Å². The number of rotatable bonds is 7. The maximum absolute atomic E-state index is 2.50. The lowest BCUT2D eigenvalue weighted by molar-refractivity contribution is 1.30. The summed E-state index contributed by atoms with van der Waals surface area (Å²) in [5, 5.41) is 5.05. The van der Waals surface area contributed by atoms with E-state index in [0.717, 1.165) is 17.1 Å². The summed E-state index contributed by atoms with van der Waals surface area (Å²) in [7, 11) is 0. The smallest absolute Gasteiger partial charge is 0.0555 e. The Kier molecular flexibility index (Phi) is 8.09. The Labute approximate surface area is 319 Å². The van der Waals surface area contributed by atoms with E-state index in [0.29, 0.717) is 0 Å². The molecule has 1 heterocycles. The van der Waals surface area contributed by atoms with Crippen molar-refractivity contribution in [1.82, 2.24) is 0 Å². The molecule has 9 aromatic carbocycles. The van der Waals surface area contributed by atoms with Gasteiger partial charge < -0.3 is 4.90 Å². The molecule has 0 saturated carbocycles. The fourth-order valence-corrected chi connectivity index (χ4v) is 9.18. The number of anilines is 3. The van der Waals surface area contributed by atoms with Gasteiger partial charge in [0.15, 0.2) is 0 Å². The molecule has 0 amide bonds. The number of hydrogen-bond acceptors (Lipinski definition) is 2. The highest BCUT2D eigenvalue weighted by atomic mass is 32.1. The van der Waals surface area contributed by atoms with Crippen molar-refractivity contribution < 1.29 is 0 Å². The molecule has 54 heavy (non-hydrogen) atoms. The van der Waals surface area contributed by atoms with Gasteiger partial charge in [-0.3, -0.25) is 0 Å². The summed E-state index contributed by atoms with van der Waals surface area (Å²) in [6.07, 6.45) is 0. The molecule has 0 aliphatic rings. The van der Waals surface area contributed by atoms with Crippen LogP contribution in [0.1, 0.15) is 0 Å². The molecular weight excluding hydrogens is 671 g/mol. The van der Waals surface area contributed by atoms with E-state index in [1.807, 2.05) is 11.3 Å². The highest BCUT2D eigenvalue weighted by Crippen LogP contribution is 2.51. The molecular formula is C52H35NS. The van der Waals surface area contributed by atoms with Crippen molar-refractivity contribution in [1.29, 1.82) is 0 Å². The van der Waals surface area contributed by atoms with Gasteiger partial charge in [-0.1, -0.05) is 176 Å². The number of benzene rings is 9. The number of fused-ring (bicyclic) bond motifs is 4. The second-order valence-corrected chi connectivity index (χ2v) is 14.7. The summed E-state index contributed by atoms with van der Waals surface area (Å²) < 4.78 is 2.57. The second-order valence-electron chi connectivity index (χ2n) is 13.6. The van der Waals surface area contributed by atoms with Gasteiger partial charge in [0.05, 0.1) is 11.4 Å². The van der Waals surface area contributed by atoms with E-state index in [4.69, 9.17) is 0 Å². The summed E-state index contributed by atoms with van der Waals surface area (Å²) in [6.45, 7) is 0. The van der Waals surface area contributed by atoms with Gasteiger partial charge in [-0.25, -0.2) is 0 Å². The number of hydrogen-bond donors (Lipinski definition) is 0. The molecule has 0 aliphatic heterocycles. The van der Waals surface area contributed by atoms with E-state index in [1.165, 1.54) is 75.5 Å². The molecule has 1 aromatic heterocycles. The van der Waals surface area contributed by atoms with Crippen molar-refractivity contribution in [3.05, 3.63) is 212 Å². The zero-order valence-electron chi connectivity index (χ0n) is 29.6. The molecule has 10 aromatic rings.